The van der Waals surface area contributed by atoms with Crippen LogP contribution in [0.4, 0.5) is 0 Å². The Bertz CT molecular complexity index is 424. The van der Waals surface area contributed by atoms with Crippen LogP contribution in [0, 0.1) is 0 Å². The highest BCUT2D eigenvalue weighted by Gasteiger charge is 2.12. The van der Waals surface area contributed by atoms with Crippen molar-refractivity contribution in [2.24, 2.45) is 10.9 Å². The van der Waals surface area contributed by atoms with E-state index in [-0.39, 0.29) is 5.84 Å². The van der Waals surface area contributed by atoms with Gasteiger partial charge in [-0.1, -0.05) is 24.6 Å². The normalized spacial score (nSPS) is 11.6. The molecule has 1 rings (SSSR count). The van der Waals surface area contributed by atoms with E-state index in [0.29, 0.717) is 29.0 Å². The standard InChI is InChI=1S/C13H19BrN2O3/c1-2-3-7-18-8-9-19-11-6-4-5-10(14)12(11)13(15)16-17/h4-6,17H,2-3,7-9H2,1H3,(H2,15,16). The first kappa shape index (κ1) is 15.8. The molecular formula is C13H19BrN2O3. The second-order valence-electron chi connectivity index (χ2n) is 3.91. The van der Waals surface area contributed by atoms with Crippen LogP contribution in [0.25, 0.3) is 0 Å². The average molecular weight is 331 g/mol. The minimum absolute atomic E-state index is 0.00868. The molecule has 0 unspecified atom stereocenters. The highest BCUT2D eigenvalue weighted by molar-refractivity contribution is 9.10. The molecule has 6 heteroatoms. The fourth-order valence-corrected chi connectivity index (χ4v) is 2.03. The van der Waals surface area contributed by atoms with Crippen LogP contribution in [0.2, 0.25) is 0 Å². The van der Waals surface area contributed by atoms with Crippen molar-refractivity contribution in [1.29, 1.82) is 0 Å². The summed E-state index contributed by atoms with van der Waals surface area (Å²) in [6, 6.07) is 5.40. The van der Waals surface area contributed by atoms with Crippen molar-refractivity contribution < 1.29 is 14.7 Å². The highest BCUT2D eigenvalue weighted by atomic mass is 79.9. The summed E-state index contributed by atoms with van der Waals surface area (Å²) < 4.78 is 11.7. The van der Waals surface area contributed by atoms with E-state index in [0.717, 1.165) is 19.4 Å². The lowest BCUT2D eigenvalue weighted by Gasteiger charge is -2.12. The smallest absolute Gasteiger partial charge is 0.174 e. The van der Waals surface area contributed by atoms with Crippen molar-refractivity contribution in [3.8, 4) is 5.75 Å². The Hall–Kier alpha value is -1.27. The van der Waals surface area contributed by atoms with E-state index in [1.54, 1.807) is 12.1 Å². The highest BCUT2D eigenvalue weighted by Crippen LogP contribution is 2.26. The summed E-state index contributed by atoms with van der Waals surface area (Å²) in [6.45, 7) is 3.80. The van der Waals surface area contributed by atoms with E-state index in [9.17, 15) is 0 Å². The van der Waals surface area contributed by atoms with E-state index in [4.69, 9.17) is 20.4 Å². The predicted molar refractivity (Wildman–Crippen MR) is 77.9 cm³/mol. The van der Waals surface area contributed by atoms with Crippen molar-refractivity contribution in [3.05, 3.63) is 28.2 Å². The molecule has 0 radical (unpaired) electrons. The first-order valence-electron chi connectivity index (χ1n) is 6.17. The van der Waals surface area contributed by atoms with Gasteiger partial charge in [0.1, 0.15) is 12.4 Å². The van der Waals surface area contributed by atoms with Gasteiger partial charge in [0.15, 0.2) is 5.84 Å². The van der Waals surface area contributed by atoms with Crippen LogP contribution in [0.15, 0.2) is 27.8 Å². The summed E-state index contributed by atoms with van der Waals surface area (Å²) in [5, 5.41) is 11.8. The number of oxime groups is 1. The largest absolute Gasteiger partial charge is 0.490 e. The van der Waals surface area contributed by atoms with E-state index in [1.165, 1.54) is 0 Å². The maximum absolute atomic E-state index is 8.77. The molecule has 5 nitrogen and oxygen atoms in total. The van der Waals surface area contributed by atoms with Gasteiger partial charge < -0.3 is 20.4 Å². The van der Waals surface area contributed by atoms with Crippen LogP contribution in [0.1, 0.15) is 25.3 Å². The van der Waals surface area contributed by atoms with E-state index in [1.807, 2.05) is 6.07 Å². The van der Waals surface area contributed by atoms with Gasteiger partial charge in [-0.2, -0.15) is 0 Å². The zero-order valence-corrected chi connectivity index (χ0v) is 12.5. The lowest BCUT2D eigenvalue weighted by Crippen LogP contribution is -2.17. The average Bonchev–Trinajstić information content (AvgIpc) is 2.42. The molecule has 0 amide bonds. The number of hydrogen-bond donors (Lipinski definition) is 2. The molecule has 106 valence electrons. The number of amidine groups is 1. The van der Waals surface area contributed by atoms with Gasteiger partial charge in [0.05, 0.1) is 12.2 Å². The molecule has 0 aliphatic rings. The van der Waals surface area contributed by atoms with Gasteiger partial charge in [-0.3, -0.25) is 0 Å². The zero-order chi connectivity index (χ0) is 14.1. The number of benzene rings is 1. The van der Waals surface area contributed by atoms with Crippen LogP contribution < -0.4 is 10.5 Å². The summed E-state index contributed by atoms with van der Waals surface area (Å²) in [7, 11) is 0. The molecular weight excluding hydrogens is 312 g/mol. The Morgan fingerprint density at radius 1 is 1.37 bits per heavy atom. The van der Waals surface area contributed by atoms with E-state index < -0.39 is 0 Å². The van der Waals surface area contributed by atoms with Crippen LogP contribution in [0.3, 0.4) is 0 Å². The molecule has 1 aromatic rings. The number of halogens is 1. The number of hydrogen-bond acceptors (Lipinski definition) is 4. The van der Waals surface area contributed by atoms with Gasteiger partial charge >= 0.3 is 0 Å². The Morgan fingerprint density at radius 3 is 2.84 bits per heavy atom. The number of rotatable bonds is 8. The van der Waals surface area contributed by atoms with Gasteiger partial charge in [-0.25, -0.2) is 0 Å². The van der Waals surface area contributed by atoms with Crippen molar-refractivity contribution in [2.75, 3.05) is 19.8 Å². The second kappa shape index (κ2) is 8.77. The maximum Gasteiger partial charge on any atom is 0.174 e. The molecule has 0 aliphatic carbocycles. The molecule has 0 heterocycles. The molecule has 0 atom stereocenters. The fraction of sp³-hybridized carbons (Fsp3) is 0.462. The summed E-state index contributed by atoms with van der Waals surface area (Å²) in [5.41, 5.74) is 6.16. The first-order valence-corrected chi connectivity index (χ1v) is 6.97. The van der Waals surface area contributed by atoms with E-state index >= 15 is 0 Å². The molecule has 0 aliphatic heterocycles. The third-order valence-corrected chi connectivity index (χ3v) is 3.13. The molecule has 0 bridgehead atoms. The first-order chi connectivity index (χ1) is 9.20. The van der Waals surface area contributed by atoms with Crippen molar-refractivity contribution in [2.45, 2.75) is 19.8 Å². The predicted octanol–water partition coefficient (Wildman–Crippen LogP) is 2.74. The van der Waals surface area contributed by atoms with Gasteiger partial charge in [0.2, 0.25) is 0 Å². The molecule has 0 aromatic heterocycles. The minimum Gasteiger partial charge on any atom is -0.490 e. The van der Waals surface area contributed by atoms with Crippen LogP contribution in [-0.4, -0.2) is 30.9 Å². The lowest BCUT2D eigenvalue weighted by atomic mass is 10.2. The van der Waals surface area contributed by atoms with E-state index in [2.05, 4.69) is 28.0 Å². The molecule has 19 heavy (non-hydrogen) atoms. The van der Waals surface area contributed by atoms with Crippen LogP contribution in [0.5, 0.6) is 5.75 Å². The molecule has 0 spiro atoms. The van der Waals surface area contributed by atoms with Gasteiger partial charge in [-0.15, -0.1) is 0 Å². The Balaban J connectivity index is 2.56. The third kappa shape index (κ3) is 5.08. The lowest BCUT2D eigenvalue weighted by molar-refractivity contribution is 0.0979. The second-order valence-corrected chi connectivity index (χ2v) is 4.77. The van der Waals surface area contributed by atoms with Gasteiger partial charge in [0.25, 0.3) is 0 Å². The summed E-state index contributed by atoms with van der Waals surface area (Å²) in [5.74, 6) is 0.568. The zero-order valence-electron chi connectivity index (χ0n) is 10.9. The maximum atomic E-state index is 8.77. The van der Waals surface area contributed by atoms with Gasteiger partial charge in [0, 0.05) is 11.1 Å². The molecule has 0 fully saturated rings. The number of unbranched alkanes of at least 4 members (excludes halogenated alkanes) is 1. The minimum atomic E-state index is 0.00868. The van der Waals surface area contributed by atoms with Crippen molar-refractivity contribution >= 4 is 21.8 Å². The Labute approximate surface area is 121 Å². The van der Waals surface area contributed by atoms with Crippen LogP contribution >= 0.6 is 15.9 Å². The number of ether oxygens (including phenoxy) is 2. The van der Waals surface area contributed by atoms with Crippen molar-refractivity contribution in [3.63, 3.8) is 0 Å². The molecule has 0 saturated carbocycles. The quantitative estimate of drug-likeness (QED) is 0.252. The fourth-order valence-electron chi connectivity index (χ4n) is 1.48. The molecule has 0 saturated heterocycles. The topological polar surface area (TPSA) is 77.1 Å². The third-order valence-electron chi connectivity index (χ3n) is 2.47. The Morgan fingerprint density at radius 2 is 2.16 bits per heavy atom. The number of nitrogens with two attached hydrogens (primary N) is 1. The Kier molecular flexibility index (Phi) is 7.28. The molecule has 3 N–H and O–H groups in total. The van der Waals surface area contributed by atoms with Gasteiger partial charge in [-0.05, 0) is 34.5 Å². The number of nitrogens with zero attached hydrogens (tertiary/aromatic N) is 1. The monoisotopic (exact) mass is 330 g/mol. The molecule has 1 aromatic carbocycles. The van der Waals surface area contributed by atoms with Crippen LogP contribution in [-0.2, 0) is 4.74 Å². The SMILES string of the molecule is CCCCOCCOc1cccc(Br)c1/C(N)=N/O. The summed E-state index contributed by atoms with van der Waals surface area (Å²) >= 11 is 3.35. The summed E-state index contributed by atoms with van der Waals surface area (Å²) in [6.07, 6.45) is 2.16. The van der Waals surface area contributed by atoms with Crippen molar-refractivity contribution in [1.82, 2.24) is 0 Å². The summed E-state index contributed by atoms with van der Waals surface area (Å²) in [4.78, 5) is 0.